The van der Waals surface area contributed by atoms with Crippen LogP contribution in [0.2, 0.25) is 0 Å². The molecule has 0 aliphatic carbocycles. The van der Waals surface area contributed by atoms with E-state index in [4.69, 9.17) is 5.11 Å². The largest absolute Gasteiger partial charge is 0.381 e. The lowest BCUT2D eigenvalue weighted by Gasteiger charge is -2.06. The Morgan fingerprint density at radius 1 is 1.64 bits per heavy atom. The molecule has 0 aromatic carbocycles. The number of nitrogens with one attached hydrogen (secondary N) is 1. The van der Waals surface area contributed by atoms with Gasteiger partial charge in [0, 0.05) is 0 Å². The molecule has 0 aliphatic heterocycles. The molecule has 0 saturated carbocycles. The predicted octanol–water partition coefficient (Wildman–Crippen LogP) is 1.47. The van der Waals surface area contributed by atoms with E-state index in [-0.39, 0.29) is 5.69 Å². The third-order valence-corrected chi connectivity index (χ3v) is 1.79. The summed E-state index contributed by atoms with van der Waals surface area (Å²) in [7, 11) is 0. The summed E-state index contributed by atoms with van der Waals surface area (Å²) in [5.41, 5.74) is 0.000000000000000444. The lowest BCUT2D eigenvalue weighted by molar-refractivity contribution is -0.00862. The number of H-pyrrole nitrogens is 1. The van der Waals surface area contributed by atoms with Crippen molar-refractivity contribution in [3.63, 3.8) is 0 Å². The number of halogens is 3. The van der Waals surface area contributed by atoms with Crippen LogP contribution in [0.4, 0.5) is 8.78 Å². The highest BCUT2D eigenvalue weighted by Crippen LogP contribution is 2.24. The first-order valence-electron chi connectivity index (χ1n) is 2.78. The maximum atomic E-state index is 11.9. The van der Waals surface area contributed by atoms with Gasteiger partial charge in [-0.25, -0.2) is 8.78 Å². The molecule has 1 heterocycles. The van der Waals surface area contributed by atoms with Gasteiger partial charge in [0.05, 0.1) is 16.4 Å². The van der Waals surface area contributed by atoms with Crippen LogP contribution in [0.15, 0.2) is 10.7 Å². The molecular weight excluding hydrogens is 222 g/mol. The monoisotopic (exact) mass is 226 g/mol. The van der Waals surface area contributed by atoms with Gasteiger partial charge < -0.3 is 5.11 Å². The summed E-state index contributed by atoms with van der Waals surface area (Å²) < 4.78 is 24.1. The Labute approximate surface area is 69.6 Å². The number of rotatable bonds is 2. The summed E-state index contributed by atoms with van der Waals surface area (Å²) in [6, 6.07) is 0. The molecule has 0 saturated heterocycles. The van der Waals surface area contributed by atoms with Crippen LogP contribution in [0, 0.1) is 0 Å². The Morgan fingerprint density at radius 3 is 2.64 bits per heavy atom. The number of hydrogen-bond acceptors (Lipinski definition) is 2. The van der Waals surface area contributed by atoms with Crippen molar-refractivity contribution < 1.29 is 13.9 Å². The molecule has 0 radical (unpaired) electrons. The number of alkyl halides is 2. The second-order valence-corrected chi connectivity index (χ2v) is 2.77. The molecule has 0 amide bonds. The van der Waals surface area contributed by atoms with Crippen LogP contribution in [0.1, 0.15) is 11.8 Å². The lowest BCUT2D eigenvalue weighted by Crippen LogP contribution is -2.08. The van der Waals surface area contributed by atoms with E-state index in [1.807, 2.05) is 0 Å². The minimum atomic E-state index is -2.80. The maximum Gasteiger partial charge on any atom is 0.269 e. The zero-order chi connectivity index (χ0) is 8.43. The summed E-state index contributed by atoms with van der Waals surface area (Å²) in [5.74, 6) is 0. The van der Waals surface area contributed by atoms with Crippen LogP contribution in [0.5, 0.6) is 0 Å². The van der Waals surface area contributed by atoms with Gasteiger partial charge in [0.15, 0.2) is 6.10 Å². The summed E-state index contributed by atoms with van der Waals surface area (Å²) in [6.07, 6.45) is -3.29. The number of aliphatic hydroxyl groups excluding tert-OH is 1. The third kappa shape index (κ3) is 1.75. The van der Waals surface area contributed by atoms with Gasteiger partial charge in [-0.3, -0.25) is 5.10 Å². The van der Waals surface area contributed by atoms with Crippen molar-refractivity contribution in [3.05, 3.63) is 16.4 Å². The third-order valence-electron chi connectivity index (χ3n) is 1.15. The van der Waals surface area contributed by atoms with Crippen LogP contribution in [-0.4, -0.2) is 21.7 Å². The summed E-state index contributed by atoms with van der Waals surface area (Å²) in [5, 5.41) is 14.5. The fourth-order valence-corrected chi connectivity index (χ4v) is 1.04. The predicted molar refractivity (Wildman–Crippen MR) is 37.3 cm³/mol. The average molecular weight is 227 g/mol. The molecule has 1 aromatic rings. The lowest BCUT2D eigenvalue weighted by atomic mass is 10.3. The topological polar surface area (TPSA) is 48.9 Å². The minimum Gasteiger partial charge on any atom is -0.381 e. The maximum absolute atomic E-state index is 11.9. The van der Waals surface area contributed by atoms with E-state index < -0.39 is 12.5 Å². The van der Waals surface area contributed by atoms with Crippen LogP contribution >= 0.6 is 15.9 Å². The van der Waals surface area contributed by atoms with Gasteiger partial charge in [-0.2, -0.15) is 5.10 Å². The van der Waals surface area contributed by atoms with Gasteiger partial charge in [-0.05, 0) is 15.9 Å². The highest BCUT2D eigenvalue weighted by atomic mass is 79.9. The minimum absolute atomic E-state index is 0.000000000000000444. The highest BCUT2D eigenvalue weighted by Gasteiger charge is 2.22. The first-order chi connectivity index (χ1) is 5.13. The van der Waals surface area contributed by atoms with Gasteiger partial charge in [-0.15, -0.1) is 0 Å². The SMILES string of the molecule is OC(c1[nH]ncc1Br)C(F)F. The number of nitrogens with zero attached hydrogens (tertiary/aromatic N) is 1. The first-order valence-corrected chi connectivity index (χ1v) is 3.57. The molecule has 3 nitrogen and oxygen atoms in total. The molecule has 0 fully saturated rings. The number of aliphatic hydroxyl groups is 1. The molecule has 1 aromatic heterocycles. The Hall–Kier alpha value is -0.490. The molecule has 0 aliphatic rings. The molecular formula is C5H5BrF2N2O. The van der Waals surface area contributed by atoms with Crippen LogP contribution in [-0.2, 0) is 0 Å². The van der Waals surface area contributed by atoms with Gasteiger partial charge in [0.2, 0.25) is 0 Å². The molecule has 2 N–H and O–H groups in total. The smallest absolute Gasteiger partial charge is 0.269 e. The Balaban J connectivity index is 2.84. The van der Waals surface area contributed by atoms with Crippen LogP contribution < -0.4 is 0 Å². The van der Waals surface area contributed by atoms with E-state index in [1.54, 1.807) is 0 Å². The van der Waals surface area contributed by atoms with Crippen molar-refractivity contribution in [3.8, 4) is 0 Å². The van der Waals surface area contributed by atoms with Crippen molar-refractivity contribution in [2.24, 2.45) is 0 Å². The van der Waals surface area contributed by atoms with E-state index in [9.17, 15) is 8.78 Å². The van der Waals surface area contributed by atoms with Gasteiger partial charge in [-0.1, -0.05) is 0 Å². The molecule has 1 atom stereocenters. The molecule has 0 bridgehead atoms. The highest BCUT2D eigenvalue weighted by molar-refractivity contribution is 9.10. The van der Waals surface area contributed by atoms with Crippen LogP contribution in [0.3, 0.4) is 0 Å². The van der Waals surface area contributed by atoms with E-state index in [1.165, 1.54) is 6.20 Å². The fourth-order valence-electron chi connectivity index (χ4n) is 0.615. The second kappa shape index (κ2) is 3.27. The second-order valence-electron chi connectivity index (χ2n) is 1.91. The standard InChI is InChI=1S/C5H5BrF2N2O/c6-2-1-9-10-3(2)4(11)5(7)8/h1,4-5,11H,(H,9,10). The first kappa shape index (κ1) is 8.61. The molecule has 11 heavy (non-hydrogen) atoms. The zero-order valence-corrected chi connectivity index (χ0v) is 6.85. The molecule has 6 heteroatoms. The van der Waals surface area contributed by atoms with E-state index in [0.717, 1.165) is 0 Å². The Morgan fingerprint density at radius 2 is 2.27 bits per heavy atom. The van der Waals surface area contributed by atoms with E-state index >= 15 is 0 Å². The molecule has 1 unspecified atom stereocenters. The summed E-state index contributed by atoms with van der Waals surface area (Å²) >= 11 is 2.95. The van der Waals surface area contributed by atoms with Crippen molar-refractivity contribution >= 4 is 15.9 Å². The Kier molecular flexibility index (Phi) is 2.56. The Bertz CT molecular complexity index is 240. The van der Waals surface area contributed by atoms with Crippen LogP contribution in [0.25, 0.3) is 0 Å². The molecule has 62 valence electrons. The fraction of sp³-hybridized carbons (Fsp3) is 0.400. The number of aromatic nitrogens is 2. The zero-order valence-electron chi connectivity index (χ0n) is 5.26. The van der Waals surface area contributed by atoms with Gasteiger partial charge in [0.25, 0.3) is 6.43 Å². The van der Waals surface area contributed by atoms with Crippen molar-refractivity contribution in [2.75, 3.05) is 0 Å². The summed E-state index contributed by atoms with van der Waals surface area (Å²) in [4.78, 5) is 0. The van der Waals surface area contributed by atoms with Gasteiger partial charge >= 0.3 is 0 Å². The van der Waals surface area contributed by atoms with E-state index in [0.29, 0.717) is 4.47 Å². The van der Waals surface area contributed by atoms with Crippen molar-refractivity contribution in [1.29, 1.82) is 0 Å². The quantitative estimate of drug-likeness (QED) is 0.803. The van der Waals surface area contributed by atoms with E-state index in [2.05, 4.69) is 26.1 Å². The summed E-state index contributed by atoms with van der Waals surface area (Å²) in [6.45, 7) is 0. The number of aromatic amines is 1. The molecule has 1 rings (SSSR count). The normalized spacial score (nSPS) is 13.9. The van der Waals surface area contributed by atoms with Crippen molar-refractivity contribution in [2.45, 2.75) is 12.5 Å². The average Bonchev–Trinajstić information content (AvgIpc) is 2.33. The van der Waals surface area contributed by atoms with Crippen molar-refractivity contribution in [1.82, 2.24) is 10.2 Å². The number of hydrogen-bond donors (Lipinski definition) is 2. The molecule has 0 spiro atoms. The van der Waals surface area contributed by atoms with Gasteiger partial charge in [0.1, 0.15) is 0 Å².